The molecule has 0 spiro atoms. The van der Waals surface area contributed by atoms with Crippen LogP contribution < -0.4 is 15.4 Å². The molecule has 4 rings (SSSR count). The van der Waals surface area contributed by atoms with E-state index in [1.54, 1.807) is 13.2 Å². The SMILES string of the molecule is COCc1cc(OC)nc(N2C[C@H]3C(=O)N(C)C(N)=N[C@@]3(C3=C(F)CCC(F)=C3)C2)c1. The highest BCUT2D eigenvalue weighted by Gasteiger charge is 2.57. The van der Waals surface area contributed by atoms with Gasteiger partial charge in [-0.25, -0.2) is 13.8 Å². The van der Waals surface area contributed by atoms with Crippen molar-refractivity contribution in [3.05, 3.63) is 41.0 Å². The van der Waals surface area contributed by atoms with E-state index < -0.39 is 23.1 Å². The summed E-state index contributed by atoms with van der Waals surface area (Å²) in [7, 11) is 4.61. The largest absolute Gasteiger partial charge is 0.481 e. The predicted octanol–water partition coefficient (Wildman–Crippen LogP) is 2.07. The number of guanidine groups is 1. The first kappa shape index (κ1) is 21.2. The Morgan fingerprint density at radius 3 is 2.77 bits per heavy atom. The minimum atomic E-state index is -1.33. The minimum absolute atomic E-state index is 0.00927. The lowest BCUT2D eigenvalue weighted by molar-refractivity contribution is -0.132. The molecule has 0 saturated carbocycles. The van der Waals surface area contributed by atoms with Gasteiger partial charge in [0.1, 0.15) is 23.0 Å². The van der Waals surface area contributed by atoms with Gasteiger partial charge in [0.25, 0.3) is 0 Å². The third-order valence-electron chi connectivity index (χ3n) is 6.03. The molecule has 1 saturated heterocycles. The number of aliphatic imine (C=N–C) groups is 1. The van der Waals surface area contributed by atoms with Gasteiger partial charge < -0.3 is 20.1 Å². The molecule has 0 radical (unpaired) electrons. The molecule has 3 heterocycles. The van der Waals surface area contributed by atoms with Crippen LogP contribution in [-0.4, -0.2) is 61.6 Å². The van der Waals surface area contributed by atoms with Crippen molar-refractivity contribution in [1.29, 1.82) is 0 Å². The van der Waals surface area contributed by atoms with Crippen LogP contribution in [-0.2, 0) is 16.1 Å². The number of allylic oxidation sites excluding steroid dienone is 2. The number of nitrogens with zero attached hydrogens (tertiary/aromatic N) is 4. The second-order valence-electron chi connectivity index (χ2n) is 7.94. The number of methoxy groups -OCH3 is 2. The van der Waals surface area contributed by atoms with Gasteiger partial charge in [-0.2, -0.15) is 4.98 Å². The maximum Gasteiger partial charge on any atom is 0.236 e. The van der Waals surface area contributed by atoms with Gasteiger partial charge in [0.15, 0.2) is 5.96 Å². The van der Waals surface area contributed by atoms with Crippen molar-refractivity contribution >= 4 is 17.7 Å². The smallest absolute Gasteiger partial charge is 0.236 e. The zero-order valence-electron chi connectivity index (χ0n) is 17.7. The van der Waals surface area contributed by atoms with Gasteiger partial charge in [0.05, 0.1) is 19.6 Å². The fourth-order valence-electron chi connectivity index (χ4n) is 4.46. The molecular weight excluding hydrogens is 408 g/mol. The number of rotatable bonds is 5. The average molecular weight is 433 g/mol. The second kappa shape index (κ2) is 7.92. The lowest BCUT2D eigenvalue weighted by Gasteiger charge is -2.39. The van der Waals surface area contributed by atoms with E-state index in [0.717, 1.165) is 5.56 Å². The van der Waals surface area contributed by atoms with E-state index in [0.29, 0.717) is 18.3 Å². The van der Waals surface area contributed by atoms with E-state index in [1.165, 1.54) is 25.1 Å². The second-order valence-corrected chi connectivity index (χ2v) is 7.94. The summed E-state index contributed by atoms with van der Waals surface area (Å²) >= 11 is 0. The van der Waals surface area contributed by atoms with E-state index >= 15 is 0 Å². The van der Waals surface area contributed by atoms with Gasteiger partial charge in [-0.3, -0.25) is 9.69 Å². The highest BCUT2D eigenvalue weighted by molar-refractivity contribution is 6.01. The van der Waals surface area contributed by atoms with Crippen molar-refractivity contribution < 1.29 is 23.0 Å². The van der Waals surface area contributed by atoms with Gasteiger partial charge in [-0.05, 0) is 17.7 Å². The van der Waals surface area contributed by atoms with E-state index in [2.05, 4.69) is 9.98 Å². The predicted molar refractivity (Wildman–Crippen MR) is 111 cm³/mol. The molecule has 2 atom stereocenters. The maximum atomic E-state index is 15.0. The molecule has 2 N–H and O–H groups in total. The van der Waals surface area contributed by atoms with Crippen molar-refractivity contribution in [2.45, 2.75) is 25.0 Å². The van der Waals surface area contributed by atoms with Gasteiger partial charge >= 0.3 is 0 Å². The molecule has 1 aliphatic carbocycles. The summed E-state index contributed by atoms with van der Waals surface area (Å²) in [5.74, 6) is -1.06. The molecule has 31 heavy (non-hydrogen) atoms. The number of aromatic nitrogens is 1. The molecule has 1 aromatic heterocycles. The number of anilines is 1. The van der Waals surface area contributed by atoms with Crippen LogP contribution in [0.5, 0.6) is 5.88 Å². The molecule has 1 fully saturated rings. The number of hydrogen-bond donors (Lipinski definition) is 1. The zero-order valence-corrected chi connectivity index (χ0v) is 17.7. The lowest BCUT2D eigenvalue weighted by Crippen LogP contribution is -2.56. The number of halogens is 2. The van der Waals surface area contributed by atoms with Gasteiger partial charge in [0.2, 0.25) is 11.8 Å². The standard InChI is InChI=1S/C21H25F2N5O3/c1-27-19(29)15-9-28(17-6-12(10-30-2)7-18(25-17)31-3)11-21(15,26-20(27)24)14-8-13(22)4-5-16(14)23/h6-8,15H,4-5,9-11H2,1-3H3,(H2,24,26)/t15-,21+/m0/s1. The van der Waals surface area contributed by atoms with E-state index in [4.69, 9.17) is 15.2 Å². The lowest BCUT2D eigenvalue weighted by atomic mass is 9.76. The molecule has 1 aromatic rings. The fourth-order valence-corrected chi connectivity index (χ4v) is 4.46. The van der Waals surface area contributed by atoms with Gasteiger partial charge in [0, 0.05) is 51.7 Å². The first-order valence-electron chi connectivity index (χ1n) is 9.96. The molecule has 0 aromatic carbocycles. The van der Waals surface area contributed by atoms with E-state index in [9.17, 15) is 13.6 Å². The summed E-state index contributed by atoms with van der Waals surface area (Å²) in [4.78, 5) is 25.3. The Morgan fingerprint density at radius 2 is 2.06 bits per heavy atom. The van der Waals surface area contributed by atoms with Crippen molar-refractivity contribution in [3.63, 3.8) is 0 Å². The summed E-state index contributed by atoms with van der Waals surface area (Å²) in [5.41, 5.74) is 5.59. The van der Waals surface area contributed by atoms with Crippen molar-refractivity contribution in [1.82, 2.24) is 9.88 Å². The Morgan fingerprint density at radius 1 is 1.29 bits per heavy atom. The number of nitrogens with two attached hydrogens (primary N) is 1. The maximum absolute atomic E-state index is 15.0. The molecule has 8 nitrogen and oxygen atoms in total. The Labute approximate surface area is 179 Å². The quantitative estimate of drug-likeness (QED) is 0.764. The number of ether oxygens (including phenoxy) is 2. The summed E-state index contributed by atoms with van der Waals surface area (Å²) in [5, 5.41) is 0. The highest BCUT2D eigenvalue weighted by atomic mass is 19.1. The number of hydrogen-bond acceptors (Lipinski definition) is 7. The summed E-state index contributed by atoms with van der Waals surface area (Å²) in [6.45, 7) is 0.685. The Balaban J connectivity index is 1.82. The molecule has 3 aliphatic rings. The summed E-state index contributed by atoms with van der Waals surface area (Å²) in [6.07, 6.45) is 1.09. The third kappa shape index (κ3) is 3.54. The molecular formula is C21H25F2N5O3. The first-order chi connectivity index (χ1) is 14.8. The molecule has 2 aliphatic heterocycles. The zero-order chi connectivity index (χ0) is 22.3. The fraction of sp³-hybridized carbons (Fsp3) is 0.476. The summed E-state index contributed by atoms with van der Waals surface area (Å²) < 4.78 is 39.7. The van der Waals surface area contributed by atoms with E-state index in [1.807, 2.05) is 11.0 Å². The third-order valence-corrected chi connectivity index (χ3v) is 6.03. The van der Waals surface area contributed by atoms with Crippen LogP contribution in [0.3, 0.4) is 0 Å². The van der Waals surface area contributed by atoms with E-state index in [-0.39, 0.29) is 43.4 Å². The Hall–Kier alpha value is -3.01. The number of amides is 1. The van der Waals surface area contributed by atoms with Crippen LogP contribution in [0.2, 0.25) is 0 Å². The Kier molecular flexibility index (Phi) is 5.42. The van der Waals surface area contributed by atoms with Crippen LogP contribution in [0.1, 0.15) is 18.4 Å². The van der Waals surface area contributed by atoms with Crippen LogP contribution in [0.4, 0.5) is 14.6 Å². The highest BCUT2D eigenvalue weighted by Crippen LogP contribution is 2.46. The van der Waals surface area contributed by atoms with Gasteiger partial charge in [-0.1, -0.05) is 0 Å². The topological polar surface area (TPSA) is 93.3 Å². The Bertz CT molecular complexity index is 1010. The molecule has 0 unspecified atom stereocenters. The normalized spacial score (nSPS) is 26.1. The number of carbonyl (C=O) groups excluding carboxylic acids is 1. The molecule has 10 heteroatoms. The molecule has 0 bridgehead atoms. The minimum Gasteiger partial charge on any atom is -0.481 e. The van der Waals surface area contributed by atoms with Gasteiger partial charge in [-0.15, -0.1) is 0 Å². The van der Waals surface area contributed by atoms with Crippen molar-refractivity contribution in [2.75, 3.05) is 39.3 Å². The van der Waals surface area contributed by atoms with Crippen LogP contribution >= 0.6 is 0 Å². The first-order valence-corrected chi connectivity index (χ1v) is 9.96. The van der Waals surface area contributed by atoms with Crippen LogP contribution in [0.15, 0.2) is 40.4 Å². The average Bonchev–Trinajstić information content (AvgIpc) is 3.14. The number of fused-ring (bicyclic) bond motifs is 1. The number of pyridine rings is 1. The van der Waals surface area contributed by atoms with Crippen molar-refractivity contribution in [2.24, 2.45) is 16.6 Å². The monoisotopic (exact) mass is 433 g/mol. The van der Waals surface area contributed by atoms with Crippen molar-refractivity contribution in [3.8, 4) is 5.88 Å². The molecule has 1 amide bonds. The molecule has 166 valence electrons. The van der Waals surface area contributed by atoms with Crippen LogP contribution in [0.25, 0.3) is 0 Å². The summed E-state index contributed by atoms with van der Waals surface area (Å²) in [6, 6.07) is 3.57. The van der Waals surface area contributed by atoms with Crippen LogP contribution in [0, 0.1) is 5.92 Å². The number of carbonyl (C=O) groups is 1.